The molecule has 2 nitrogen and oxygen atoms in total. The van der Waals surface area contributed by atoms with E-state index in [9.17, 15) is 0 Å². The molecule has 0 bridgehead atoms. The van der Waals surface area contributed by atoms with Gasteiger partial charge in [0.1, 0.15) is 0 Å². The largest absolute Gasteiger partial charge is 0.343 e. The molecule has 4 rings (SSSR count). The molecule has 2 aromatic heterocycles. The Morgan fingerprint density at radius 1 is 0.952 bits per heavy atom. The molecule has 0 saturated heterocycles. The van der Waals surface area contributed by atoms with Gasteiger partial charge < -0.3 is 4.57 Å². The third kappa shape index (κ3) is 2.28. The van der Waals surface area contributed by atoms with Gasteiger partial charge in [-0.15, -0.1) is 0 Å². The van der Waals surface area contributed by atoms with E-state index in [4.69, 9.17) is 11.6 Å². The lowest BCUT2D eigenvalue weighted by Gasteiger charge is -2.07. The van der Waals surface area contributed by atoms with Crippen molar-refractivity contribution in [1.29, 1.82) is 0 Å². The molecule has 0 unspecified atom stereocenters. The van der Waals surface area contributed by atoms with Crippen molar-refractivity contribution in [3.8, 4) is 0 Å². The van der Waals surface area contributed by atoms with Crippen LogP contribution >= 0.6 is 11.6 Å². The number of hydrogen-bond acceptors (Lipinski definition) is 1. The van der Waals surface area contributed by atoms with Crippen LogP contribution < -0.4 is 0 Å². The van der Waals surface area contributed by atoms with Crippen LogP contribution in [0.25, 0.3) is 21.8 Å². The minimum atomic E-state index is 0.769. The molecular weight excluding hydrogens is 280 g/mol. The van der Waals surface area contributed by atoms with E-state index in [1.807, 2.05) is 24.4 Å². The topological polar surface area (TPSA) is 17.8 Å². The number of pyridine rings is 1. The van der Waals surface area contributed by atoms with Crippen molar-refractivity contribution in [1.82, 2.24) is 9.55 Å². The van der Waals surface area contributed by atoms with Crippen LogP contribution in [-0.4, -0.2) is 9.55 Å². The van der Waals surface area contributed by atoms with Gasteiger partial charge in [-0.1, -0.05) is 29.8 Å². The van der Waals surface area contributed by atoms with Gasteiger partial charge in [-0.3, -0.25) is 4.98 Å². The van der Waals surface area contributed by atoms with E-state index >= 15 is 0 Å². The first kappa shape index (κ1) is 12.4. The maximum atomic E-state index is 6.11. The second kappa shape index (κ2) is 4.90. The van der Waals surface area contributed by atoms with Gasteiger partial charge in [0.15, 0.2) is 0 Å². The molecule has 0 N–H and O–H groups in total. The Bertz CT molecular complexity index is 940. The van der Waals surface area contributed by atoms with E-state index in [2.05, 4.69) is 52.1 Å². The van der Waals surface area contributed by atoms with Gasteiger partial charge in [0.25, 0.3) is 0 Å². The summed E-state index contributed by atoms with van der Waals surface area (Å²) in [6.07, 6.45) is 3.93. The molecule has 0 atom stereocenters. The Labute approximate surface area is 127 Å². The minimum Gasteiger partial charge on any atom is -0.343 e. The average Bonchev–Trinajstić information content (AvgIpc) is 2.89. The van der Waals surface area contributed by atoms with Crippen LogP contribution in [0, 0.1) is 0 Å². The molecule has 0 aliphatic carbocycles. The van der Waals surface area contributed by atoms with Crippen molar-refractivity contribution in [2.45, 2.75) is 6.54 Å². The quantitative estimate of drug-likeness (QED) is 0.514. The molecule has 0 spiro atoms. The maximum absolute atomic E-state index is 6.11. The highest BCUT2D eigenvalue weighted by molar-refractivity contribution is 6.31. The predicted octanol–water partition coefficient (Wildman–Crippen LogP) is 4.89. The fourth-order valence-corrected chi connectivity index (χ4v) is 2.88. The molecular formula is C18H13ClN2. The third-order valence-electron chi connectivity index (χ3n) is 3.76. The lowest BCUT2D eigenvalue weighted by molar-refractivity contribution is 0.838. The van der Waals surface area contributed by atoms with E-state index in [1.54, 1.807) is 0 Å². The molecule has 2 heterocycles. The van der Waals surface area contributed by atoms with Gasteiger partial charge in [-0.2, -0.15) is 0 Å². The third-order valence-corrected chi connectivity index (χ3v) is 3.99. The first-order chi connectivity index (χ1) is 10.3. The molecule has 0 saturated carbocycles. The lowest BCUT2D eigenvalue weighted by atomic mass is 10.1. The van der Waals surface area contributed by atoms with E-state index in [-0.39, 0.29) is 0 Å². The van der Waals surface area contributed by atoms with E-state index in [0.717, 1.165) is 22.6 Å². The Kier molecular flexibility index (Phi) is 2.90. The number of nitrogens with zero attached hydrogens (tertiary/aromatic N) is 2. The van der Waals surface area contributed by atoms with Gasteiger partial charge in [0, 0.05) is 34.9 Å². The zero-order valence-corrected chi connectivity index (χ0v) is 12.1. The Morgan fingerprint density at radius 2 is 1.90 bits per heavy atom. The Morgan fingerprint density at radius 3 is 2.86 bits per heavy atom. The summed E-state index contributed by atoms with van der Waals surface area (Å²) in [5, 5.41) is 3.15. The molecule has 2 aromatic carbocycles. The van der Waals surface area contributed by atoms with Gasteiger partial charge in [0.05, 0.1) is 5.52 Å². The van der Waals surface area contributed by atoms with Crippen LogP contribution in [0.15, 0.2) is 67.0 Å². The predicted molar refractivity (Wildman–Crippen MR) is 87.8 cm³/mol. The van der Waals surface area contributed by atoms with Gasteiger partial charge in [0.2, 0.25) is 0 Å². The van der Waals surface area contributed by atoms with Gasteiger partial charge >= 0.3 is 0 Å². The molecule has 3 heteroatoms. The van der Waals surface area contributed by atoms with Gasteiger partial charge in [-0.25, -0.2) is 0 Å². The standard InChI is InChI=1S/C18H13ClN2/c19-16-5-4-14-7-9-21(18(14)11-16)12-13-3-6-17-15(10-13)2-1-8-20-17/h1-11H,12H2. The molecule has 0 fully saturated rings. The fraction of sp³-hybridized carbons (Fsp3) is 0.0556. The molecule has 0 radical (unpaired) electrons. The van der Waals surface area contributed by atoms with E-state index in [1.165, 1.54) is 16.3 Å². The molecule has 0 aliphatic rings. The van der Waals surface area contributed by atoms with Crippen molar-refractivity contribution in [2.75, 3.05) is 0 Å². The minimum absolute atomic E-state index is 0.769. The van der Waals surface area contributed by atoms with Crippen molar-refractivity contribution in [3.63, 3.8) is 0 Å². The van der Waals surface area contributed by atoms with Crippen LogP contribution in [0.2, 0.25) is 5.02 Å². The summed E-state index contributed by atoms with van der Waals surface area (Å²) >= 11 is 6.11. The number of rotatable bonds is 2. The lowest BCUT2D eigenvalue weighted by Crippen LogP contribution is -1.97. The van der Waals surface area contributed by atoms with Crippen LogP contribution in [0.1, 0.15) is 5.56 Å². The summed E-state index contributed by atoms with van der Waals surface area (Å²) < 4.78 is 2.22. The van der Waals surface area contributed by atoms with Crippen LogP contribution in [-0.2, 0) is 6.54 Å². The first-order valence-corrected chi connectivity index (χ1v) is 7.25. The Hall–Kier alpha value is -2.32. The zero-order valence-electron chi connectivity index (χ0n) is 11.3. The van der Waals surface area contributed by atoms with Crippen LogP contribution in [0.3, 0.4) is 0 Å². The highest BCUT2D eigenvalue weighted by Gasteiger charge is 2.03. The highest BCUT2D eigenvalue weighted by atomic mass is 35.5. The average molecular weight is 293 g/mol. The van der Waals surface area contributed by atoms with Crippen LogP contribution in [0.5, 0.6) is 0 Å². The summed E-state index contributed by atoms with van der Waals surface area (Å²) in [6.45, 7) is 0.828. The first-order valence-electron chi connectivity index (χ1n) is 6.88. The van der Waals surface area contributed by atoms with E-state index < -0.39 is 0 Å². The number of aromatic nitrogens is 2. The second-order valence-corrected chi connectivity index (χ2v) is 5.61. The summed E-state index contributed by atoms with van der Waals surface area (Å²) in [4.78, 5) is 4.36. The van der Waals surface area contributed by atoms with Crippen LogP contribution in [0.4, 0.5) is 0 Å². The number of hydrogen-bond donors (Lipinski definition) is 0. The smallest absolute Gasteiger partial charge is 0.0702 e. The maximum Gasteiger partial charge on any atom is 0.0702 e. The monoisotopic (exact) mass is 292 g/mol. The second-order valence-electron chi connectivity index (χ2n) is 5.18. The summed E-state index contributed by atoms with van der Waals surface area (Å²) in [5.41, 5.74) is 3.45. The summed E-state index contributed by atoms with van der Waals surface area (Å²) in [5.74, 6) is 0. The van der Waals surface area contributed by atoms with Crippen molar-refractivity contribution < 1.29 is 0 Å². The Balaban J connectivity index is 1.77. The molecule has 0 amide bonds. The molecule has 4 aromatic rings. The zero-order chi connectivity index (χ0) is 14.2. The molecule has 21 heavy (non-hydrogen) atoms. The van der Waals surface area contributed by atoms with Crippen molar-refractivity contribution >= 4 is 33.4 Å². The number of benzene rings is 2. The number of fused-ring (bicyclic) bond motifs is 2. The van der Waals surface area contributed by atoms with Crippen molar-refractivity contribution in [3.05, 3.63) is 77.6 Å². The molecule has 102 valence electrons. The summed E-state index contributed by atoms with van der Waals surface area (Å²) in [7, 11) is 0. The fourth-order valence-electron chi connectivity index (χ4n) is 2.72. The molecule has 0 aliphatic heterocycles. The highest BCUT2D eigenvalue weighted by Crippen LogP contribution is 2.22. The normalized spacial score (nSPS) is 11.3. The SMILES string of the molecule is Clc1ccc2ccn(Cc3ccc4ncccc4c3)c2c1. The van der Waals surface area contributed by atoms with Crippen molar-refractivity contribution in [2.24, 2.45) is 0 Å². The van der Waals surface area contributed by atoms with Gasteiger partial charge in [-0.05, 0) is 47.3 Å². The number of halogens is 1. The van der Waals surface area contributed by atoms with E-state index in [0.29, 0.717) is 0 Å². The summed E-state index contributed by atoms with van der Waals surface area (Å²) in [6, 6.07) is 18.6.